The maximum atomic E-state index is 13.0. The summed E-state index contributed by atoms with van der Waals surface area (Å²) in [5.41, 5.74) is 7.71. The number of ether oxygens (including phenoxy) is 1. The second-order valence-electron chi connectivity index (χ2n) is 5.90. The van der Waals surface area contributed by atoms with E-state index in [1.165, 1.54) is 0 Å². The van der Waals surface area contributed by atoms with Crippen LogP contribution in [0, 0.1) is 0 Å². The number of nitrogens with one attached hydrogen (secondary N) is 1. The molecule has 2 amide bonds. The first-order valence-electron chi connectivity index (χ1n) is 8.27. The first-order valence-corrected chi connectivity index (χ1v) is 8.27. The molecule has 0 unspecified atom stereocenters. The third-order valence-electron chi connectivity index (χ3n) is 3.99. The fourth-order valence-corrected chi connectivity index (χ4v) is 2.74. The number of halogens is 1. The topological polar surface area (TPSA) is 84.7 Å². The minimum atomic E-state index is -0.221. The van der Waals surface area contributed by atoms with Crippen molar-refractivity contribution in [2.45, 2.75) is 13.0 Å². The molecule has 0 spiro atoms. The molecule has 1 aliphatic heterocycles. The lowest BCUT2D eigenvalue weighted by Crippen LogP contribution is -2.33. The van der Waals surface area contributed by atoms with Crippen molar-refractivity contribution in [1.29, 1.82) is 0 Å². The van der Waals surface area contributed by atoms with Crippen LogP contribution < -0.4 is 15.8 Å². The van der Waals surface area contributed by atoms with Crippen molar-refractivity contribution in [2.75, 3.05) is 25.0 Å². The van der Waals surface area contributed by atoms with Crippen molar-refractivity contribution in [3.05, 3.63) is 59.7 Å². The van der Waals surface area contributed by atoms with Gasteiger partial charge in [-0.1, -0.05) is 30.3 Å². The number of fused-ring (bicyclic) bond motifs is 1. The number of hydrogen-bond donors (Lipinski definition) is 2. The van der Waals surface area contributed by atoms with E-state index < -0.39 is 0 Å². The summed E-state index contributed by atoms with van der Waals surface area (Å²) >= 11 is 0. The third kappa shape index (κ3) is 4.74. The Labute approximate surface area is 158 Å². The Morgan fingerprint density at radius 3 is 2.69 bits per heavy atom. The number of hydrogen-bond acceptors (Lipinski definition) is 4. The lowest BCUT2D eigenvalue weighted by Gasteiger charge is -2.24. The zero-order chi connectivity index (χ0) is 17.6. The van der Waals surface area contributed by atoms with Crippen LogP contribution >= 0.6 is 12.4 Å². The molecule has 3 N–H and O–H groups in total. The summed E-state index contributed by atoms with van der Waals surface area (Å²) in [6, 6.07) is 14.9. The summed E-state index contributed by atoms with van der Waals surface area (Å²) in [6.07, 6.45) is 0.726. The summed E-state index contributed by atoms with van der Waals surface area (Å²) in [6.45, 7) is 1.60. The SMILES string of the molecule is Cl.NCCCN(Cc1ccccc1)C(=O)c1ccc2c(c1)NC(=O)CO2. The van der Waals surface area contributed by atoms with Crippen molar-refractivity contribution in [3.63, 3.8) is 0 Å². The molecule has 0 aliphatic carbocycles. The van der Waals surface area contributed by atoms with E-state index >= 15 is 0 Å². The van der Waals surface area contributed by atoms with E-state index in [0.717, 1.165) is 12.0 Å². The predicted octanol–water partition coefficient (Wildman–Crippen LogP) is 2.43. The summed E-state index contributed by atoms with van der Waals surface area (Å²) in [4.78, 5) is 26.2. The summed E-state index contributed by atoms with van der Waals surface area (Å²) in [7, 11) is 0. The second kappa shape index (κ2) is 9.22. The van der Waals surface area contributed by atoms with Crippen LogP contribution in [-0.2, 0) is 11.3 Å². The molecule has 3 rings (SSSR count). The van der Waals surface area contributed by atoms with Crippen LogP contribution in [0.4, 0.5) is 5.69 Å². The van der Waals surface area contributed by atoms with Gasteiger partial charge in [-0.25, -0.2) is 0 Å². The van der Waals surface area contributed by atoms with Crippen molar-refractivity contribution in [3.8, 4) is 5.75 Å². The number of anilines is 1. The van der Waals surface area contributed by atoms with Gasteiger partial charge in [0.05, 0.1) is 5.69 Å². The van der Waals surface area contributed by atoms with Gasteiger partial charge >= 0.3 is 0 Å². The van der Waals surface area contributed by atoms with E-state index in [0.29, 0.717) is 36.6 Å². The monoisotopic (exact) mass is 375 g/mol. The molecule has 2 aromatic carbocycles. The molecule has 0 fully saturated rings. The van der Waals surface area contributed by atoms with Gasteiger partial charge in [0.1, 0.15) is 5.75 Å². The van der Waals surface area contributed by atoms with Crippen LogP contribution in [0.1, 0.15) is 22.3 Å². The molecule has 0 aromatic heterocycles. The number of nitrogens with two attached hydrogens (primary N) is 1. The predicted molar refractivity (Wildman–Crippen MR) is 103 cm³/mol. The molecular formula is C19H22ClN3O3. The van der Waals surface area contributed by atoms with Gasteiger partial charge in [0.15, 0.2) is 6.61 Å². The Bertz CT molecular complexity index is 768. The largest absolute Gasteiger partial charge is 0.482 e. The van der Waals surface area contributed by atoms with Crippen LogP contribution in [0.2, 0.25) is 0 Å². The molecule has 0 radical (unpaired) electrons. The average molecular weight is 376 g/mol. The van der Waals surface area contributed by atoms with E-state index in [2.05, 4.69) is 5.32 Å². The van der Waals surface area contributed by atoms with Crippen molar-refractivity contribution >= 4 is 29.9 Å². The highest BCUT2D eigenvalue weighted by Crippen LogP contribution is 2.29. The molecule has 0 saturated carbocycles. The first-order chi connectivity index (χ1) is 12.2. The van der Waals surface area contributed by atoms with Gasteiger partial charge in [0.2, 0.25) is 0 Å². The number of carbonyl (C=O) groups excluding carboxylic acids is 2. The molecule has 6 nitrogen and oxygen atoms in total. The summed E-state index contributed by atoms with van der Waals surface area (Å²) < 4.78 is 5.34. The summed E-state index contributed by atoms with van der Waals surface area (Å²) in [5.74, 6) is 0.258. The minimum absolute atomic E-state index is 0. The van der Waals surface area contributed by atoms with Gasteiger partial charge in [-0.15, -0.1) is 12.4 Å². The highest BCUT2D eigenvalue weighted by atomic mass is 35.5. The molecule has 1 heterocycles. The van der Waals surface area contributed by atoms with Crippen molar-refractivity contribution in [2.24, 2.45) is 5.73 Å². The Balaban J connectivity index is 0.00000243. The average Bonchev–Trinajstić information content (AvgIpc) is 2.64. The van der Waals surface area contributed by atoms with Crippen LogP contribution in [0.5, 0.6) is 5.75 Å². The molecule has 1 aliphatic rings. The van der Waals surface area contributed by atoms with Crippen LogP contribution in [0.15, 0.2) is 48.5 Å². The molecule has 138 valence electrons. The molecule has 7 heteroatoms. The van der Waals surface area contributed by atoms with Crippen molar-refractivity contribution in [1.82, 2.24) is 4.90 Å². The van der Waals surface area contributed by atoms with Gasteiger partial charge in [-0.05, 0) is 36.7 Å². The van der Waals surface area contributed by atoms with Crippen LogP contribution in [-0.4, -0.2) is 36.4 Å². The van der Waals surface area contributed by atoms with E-state index in [4.69, 9.17) is 10.5 Å². The molecule has 26 heavy (non-hydrogen) atoms. The maximum Gasteiger partial charge on any atom is 0.262 e. The third-order valence-corrected chi connectivity index (χ3v) is 3.99. The highest BCUT2D eigenvalue weighted by molar-refractivity contribution is 5.99. The van der Waals surface area contributed by atoms with Gasteiger partial charge in [0, 0.05) is 18.7 Å². The number of carbonyl (C=O) groups is 2. The zero-order valence-electron chi connectivity index (χ0n) is 14.3. The number of amides is 2. The fraction of sp³-hybridized carbons (Fsp3) is 0.263. The maximum absolute atomic E-state index is 13.0. The normalized spacial score (nSPS) is 12.3. The molecule has 0 atom stereocenters. The number of rotatable bonds is 6. The zero-order valence-corrected chi connectivity index (χ0v) is 15.1. The van der Waals surface area contributed by atoms with E-state index in [-0.39, 0.29) is 30.8 Å². The Kier molecular flexibility index (Phi) is 7.00. The number of nitrogens with zero attached hydrogens (tertiary/aromatic N) is 1. The Morgan fingerprint density at radius 1 is 1.19 bits per heavy atom. The van der Waals surface area contributed by atoms with Gasteiger partial charge in [-0.3, -0.25) is 9.59 Å². The van der Waals surface area contributed by atoms with E-state index in [1.54, 1.807) is 23.1 Å². The lowest BCUT2D eigenvalue weighted by molar-refractivity contribution is -0.118. The second-order valence-corrected chi connectivity index (χ2v) is 5.90. The molecule has 0 bridgehead atoms. The molecule has 2 aromatic rings. The first kappa shape index (κ1) is 19.8. The lowest BCUT2D eigenvalue weighted by atomic mass is 10.1. The van der Waals surface area contributed by atoms with Gasteiger partial charge in [-0.2, -0.15) is 0 Å². The standard InChI is InChI=1S/C19H21N3O3.ClH/c20-9-4-10-22(12-14-5-2-1-3-6-14)19(24)15-7-8-17-16(11-15)21-18(23)13-25-17;/h1-3,5-8,11H,4,9-10,12-13,20H2,(H,21,23);1H. The smallest absolute Gasteiger partial charge is 0.262 e. The fourth-order valence-electron chi connectivity index (χ4n) is 2.74. The van der Waals surface area contributed by atoms with Crippen molar-refractivity contribution < 1.29 is 14.3 Å². The highest BCUT2D eigenvalue weighted by Gasteiger charge is 2.21. The molecular weight excluding hydrogens is 354 g/mol. The van der Waals surface area contributed by atoms with Crippen LogP contribution in [0.3, 0.4) is 0 Å². The molecule has 0 saturated heterocycles. The number of benzene rings is 2. The quantitative estimate of drug-likeness (QED) is 0.812. The van der Waals surface area contributed by atoms with E-state index in [9.17, 15) is 9.59 Å². The van der Waals surface area contributed by atoms with Gasteiger partial charge in [0.25, 0.3) is 11.8 Å². The minimum Gasteiger partial charge on any atom is -0.482 e. The summed E-state index contributed by atoms with van der Waals surface area (Å²) in [5, 5.41) is 2.73. The Hall–Kier alpha value is -2.57. The van der Waals surface area contributed by atoms with Crippen LogP contribution in [0.25, 0.3) is 0 Å². The van der Waals surface area contributed by atoms with E-state index in [1.807, 2.05) is 30.3 Å². The Morgan fingerprint density at radius 2 is 1.96 bits per heavy atom. The van der Waals surface area contributed by atoms with Gasteiger partial charge < -0.3 is 20.7 Å².